The van der Waals surface area contributed by atoms with Crippen molar-refractivity contribution in [1.29, 1.82) is 0 Å². The molecule has 2 aromatic heterocycles. The lowest BCUT2D eigenvalue weighted by Crippen LogP contribution is -2.59. The van der Waals surface area contributed by atoms with Crippen molar-refractivity contribution in [2.75, 3.05) is 20.1 Å². The number of carbonyl (C=O) groups is 2. The maximum atomic E-state index is 11.9. The van der Waals surface area contributed by atoms with Gasteiger partial charge in [-0.3, -0.25) is 25.5 Å². The second-order valence-corrected chi connectivity index (χ2v) is 11.3. The molecule has 2 unspecified atom stereocenters. The number of thiazole rings is 1. The Labute approximate surface area is 241 Å². The number of aliphatic hydroxyl groups is 1. The number of hydrogen-bond donors (Lipinski definition) is 6. The topological polar surface area (TPSA) is 212 Å². The van der Waals surface area contributed by atoms with Crippen LogP contribution < -0.4 is 27.0 Å². The highest BCUT2D eigenvalue weighted by molar-refractivity contribution is 7.12. The quantitative estimate of drug-likeness (QED) is 0.147. The average molecular weight is 592 g/mol. The van der Waals surface area contributed by atoms with Gasteiger partial charge in [-0.05, 0) is 59.8 Å². The lowest BCUT2D eigenvalue weighted by molar-refractivity contribution is -0.384. The summed E-state index contributed by atoms with van der Waals surface area (Å²) < 4.78 is 6.53. The summed E-state index contributed by atoms with van der Waals surface area (Å²) in [7, 11) is 1.79. The highest BCUT2D eigenvalue weighted by atomic mass is 32.1. The van der Waals surface area contributed by atoms with Gasteiger partial charge in [0.2, 0.25) is 11.0 Å². The minimum atomic E-state index is -1.07. The predicted octanol–water partition coefficient (Wildman–Crippen LogP) is 1.37. The number of carbonyl (C=O) groups excluding carboxylic acids is 2. The van der Waals surface area contributed by atoms with Crippen LogP contribution >= 0.6 is 11.3 Å². The average Bonchev–Trinajstić information content (AvgIpc) is 3.59. The number of hydrogen-bond acceptors (Lipinski definition) is 12. The third-order valence-corrected chi connectivity index (χ3v) is 7.14. The third kappa shape index (κ3) is 9.15. The van der Waals surface area contributed by atoms with Crippen LogP contribution in [0.25, 0.3) is 5.13 Å². The molecule has 0 radical (unpaired) electrons. The van der Waals surface area contributed by atoms with Crippen LogP contribution in [0.5, 0.6) is 0 Å². The number of alkyl carbamates (subject to hydrolysis) is 1. The molecule has 1 fully saturated rings. The van der Waals surface area contributed by atoms with Gasteiger partial charge in [0.25, 0.3) is 0 Å². The molecule has 1 aliphatic carbocycles. The fraction of sp³-hybridized carbons (Fsp3) is 0.520. The summed E-state index contributed by atoms with van der Waals surface area (Å²) in [5, 5.41) is 39.1. The molecule has 0 saturated carbocycles. The number of likely N-dealkylation sites (N-methyl/N-ethyl adjacent to an activating group) is 1. The molecule has 4 rings (SSSR count). The molecule has 41 heavy (non-hydrogen) atoms. The molecule has 15 nitrogen and oxygen atoms in total. The number of nitrogens with one attached hydrogen (secondary N) is 4. The monoisotopic (exact) mass is 591 g/mol. The Morgan fingerprint density at radius 1 is 1.37 bits per heavy atom. The Hall–Kier alpha value is -3.70. The van der Waals surface area contributed by atoms with Crippen LogP contribution in [0.3, 0.4) is 0 Å². The predicted molar refractivity (Wildman–Crippen MR) is 152 cm³/mol. The fourth-order valence-corrected chi connectivity index (χ4v) is 4.87. The third-order valence-electron chi connectivity index (χ3n) is 6.29. The molecule has 7 N–H and O–H groups in total. The lowest BCUT2D eigenvalue weighted by Gasteiger charge is -2.34. The van der Waals surface area contributed by atoms with Crippen molar-refractivity contribution in [2.24, 2.45) is 5.73 Å². The van der Waals surface area contributed by atoms with Crippen LogP contribution in [0.1, 0.15) is 52.0 Å². The number of piperidine rings is 1. The number of aromatic nitrogens is 3. The van der Waals surface area contributed by atoms with Crippen LogP contribution in [0.2, 0.25) is 0 Å². The van der Waals surface area contributed by atoms with Gasteiger partial charge in [0.1, 0.15) is 24.2 Å². The summed E-state index contributed by atoms with van der Waals surface area (Å²) in [6.07, 6.45) is 8.19. The number of primary amides is 1. The number of nitro groups is 1. The molecule has 2 aliphatic rings. The van der Waals surface area contributed by atoms with Crippen molar-refractivity contribution in [2.45, 2.75) is 63.4 Å². The maximum absolute atomic E-state index is 11.9. The van der Waals surface area contributed by atoms with Gasteiger partial charge in [-0.1, -0.05) is 12.2 Å². The lowest BCUT2D eigenvalue weighted by atomic mass is 9.88. The molecule has 2 aromatic rings. The number of nitrogens with zero attached hydrogens (tertiary/aromatic N) is 4. The molecule has 3 heterocycles. The van der Waals surface area contributed by atoms with E-state index in [1.165, 1.54) is 22.2 Å². The number of rotatable bonds is 8. The molecule has 2 atom stereocenters. The smallest absolute Gasteiger partial charge is 0.411 e. The van der Waals surface area contributed by atoms with Crippen LogP contribution in [-0.2, 0) is 9.53 Å². The second-order valence-electron chi connectivity index (χ2n) is 10.5. The van der Waals surface area contributed by atoms with Crippen molar-refractivity contribution in [3.8, 4) is 5.13 Å². The largest absolute Gasteiger partial charge is 0.444 e. The summed E-state index contributed by atoms with van der Waals surface area (Å²) in [4.78, 5) is 37.5. The fourth-order valence-electron chi connectivity index (χ4n) is 4.10. The molecule has 2 amide bonds. The van der Waals surface area contributed by atoms with Gasteiger partial charge < -0.3 is 26.2 Å². The van der Waals surface area contributed by atoms with Gasteiger partial charge in [0.15, 0.2) is 0 Å². The number of amides is 2. The van der Waals surface area contributed by atoms with E-state index in [2.05, 4.69) is 31.3 Å². The van der Waals surface area contributed by atoms with E-state index in [1.807, 2.05) is 6.08 Å². The van der Waals surface area contributed by atoms with E-state index in [0.29, 0.717) is 22.9 Å². The Kier molecular flexibility index (Phi) is 10.7. The normalized spacial score (nSPS) is 18.9. The van der Waals surface area contributed by atoms with E-state index in [0.717, 1.165) is 32.1 Å². The first-order chi connectivity index (χ1) is 19.3. The number of nitrogens with two attached hydrogens (primary N) is 1. The van der Waals surface area contributed by atoms with Gasteiger partial charge in [0.05, 0.1) is 16.2 Å². The van der Waals surface area contributed by atoms with Crippen LogP contribution in [0.15, 0.2) is 41.7 Å². The van der Waals surface area contributed by atoms with Crippen LogP contribution in [0.4, 0.5) is 10.5 Å². The van der Waals surface area contributed by atoms with E-state index in [-0.39, 0.29) is 17.6 Å². The van der Waals surface area contributed by atoms with Gasteiger partial charge >= 0.3 is 11.8 Å². The molecule has 0 bridgehead atoms. The molecule has 0 aromatic carbocycles. The molecule has 1 saturated heterocycles. The number of aliphatic hydroxyl groups excluding tert-OH is 1. The standard InChI is InChI=1S/C18H22N6O5S.C7H15N3O/c1-18(2,3)29-17(26)21-12-6-4-5-11(7-12)20-15(25)14-10-30-16(22-14)23-9-13(8-19-23)24(27)28;1-9-7(6(8)11)2-4-10-5-3-7/h4-6,8-11,15,20,25H,7H2,1-3H3,(H,21,26);9-10H,2-5H2,1H3,(H2,8,11). The zero-order valence-corrected chi connectivity index (χ0v) is 24.2. The highest BCUT2D eigenvalue weighted by Crippen LogP contribution is 2.22. The first-order valence-electron chi connectivity index (χ1n) is 13.0. The zero-order valence-electron chi connectivity index (χ0n) is 23.4. The Bertz CT molecular complexity index is 1280. The van der Waals surface area contributed by atoms with Gasteiger partial charge in [0, 0.05) is 23.5 Å². The first kappa shape index (κ1) is 31.8. The summed E-state index contributed by atoms with van der Waals surface area (Å²) in [5.41, 5.74) is 5.10. The summed E-state index contributed by atoms with van der Waals surface area (Å²) in [5.74, 6) is -0.235. The van der Waals surface area contributed by atoms with Gasteiger partial charge in [-0.2, -0.15) is 5.10 Å². The zero-order chi connectivity index (χ0) is 30.2. The van der Waals surface area contributed by atoms with Crippen molar-refractivity contribution in [1.82, 2.24) is 36.0 Å². The molecule has 16 heteroatoms. The summed E-state index contributed by atoms with van der Waals surface area (Å²) >= 11 is 1.20. The Morgan fingerprint density at radius 2 is 2.07 bits per heavy atom. The Morgan fingerprint density at radius 3 is 2.63 bits per heavy atom. The van der Waals surface area contributed by atoms with Crippen molar-refractivity contribution in [3.63, 3.8) is 0 Å². The number of allylic oxidation sites excluding steroid dienone is 2. The maximum Gasteiger partial charge on any atom is 0.411 e. The summed E-state index contributed by atoms with van der Waals surface area (Å²) in [6.45, 7) is 7.08. The van der Waals surface area contributed by atoms with Crippen molar-refractivity contribution < 1.29 is 24.4 Å². The molecular formula is C25H37N9O6S. The minimum absolute atomic E-state index is 0.144. The summed E-state index contributed by atoms with van der Waals surface area (Å²) in [6, 6.07) is -0.245. The second kappa shape index (κ2) is 13.8. The Balaban J connectivity index is 0.000000352. The van der Waals surface area contributed by atoms with Crippen LogP contribution in [0, 0.1) is 10.1 Å². The van der Waals surface area contributed by atoms with E-state index in [9.17, 15) is 24.8 Å². The highest BCUT2D eigenvalue weighted by Gasteiger charge is 2.35. The van der Waals surface area contributed by atoms with E-state index in [4.69, 9.17) is 10.5 Å². The van der Waals surface area contributed by atoms with E-state index < -0.39 is 28.4 Å². The van der Waals surface area contributed by atoms with Crippen molar-refractivity contribution in [3.05, 3.63) is 57.5 Å². The van der Waals surface area contributed by atoms with Gasteiger partial charge in [-0.15, -0.1) is 11.3 Å². The molecule has 1 aliphatic heterocycles. The van der Waals surface area contributed by atoms with Gasteiger partial charge in [-0.25, -0.2) is 14.5 Å². The van der Waals surface area contributed by atoms with Crippen LogP contribution in [-0.4, -0.2) is 74.1 Å². The number of ether oxygens (including phenoxy) is 1. The molecule has 0 spiro atoms. The molecular weight excluding hydrogens is 554 g/mol. The first-order valence-corrected chi connectivity index (χ1v) is 13.9. The van der Waals surface area contributed by atoms with E-state index in [1.54, 1.807) is 45.4 Å². The SMILES string of the molecule is CC(C)(C)OC(=O)NC1=CC=CC(NC(O)c2csc(-n3cc([N+](=O)[O-])cn3)n2)C1.CNC1(C(N)=O)CCNCC1. The van der Waals surface area contributed by atoms with Crippen molar-refractivity contribution >= 4 is 29.0 Å². The minimum Gasteiger partial charge on any atom is -0.444 e. The van der Waals surface area contributed by atoms with E-state index >= 15 is 0 Å². The molecule has 224 valence electrons.